The molecule has 5 N–H and O–H groups in total. The lowest BCUT2D eigenvalue weighted by Gasteiger charge is -2.28. The number of anilines is 4. The minimum atomic E-state index is -0.501. The standard InChI is InChI=1S/C20H30FN3O2.C16H24FN3O2/c1-20(2,3)26-19(25)22-12-14-9-10-24(13-14)18-8-7-16(11-17(18)21)23-15-5-4-6-15;1-16(2,3)22-15(21)19-9-11-6-7-20(10-11)14-5-4-12(18)8-13(14)17/h7-8,11,14-15,23H,4-6,9-10,12-13H2,1-3H3,(H,22,25);4-5,8,11H,6-7,9-10,18H2,1-3H3,(H,19,21)/t14-;11-/m11/s1. The minimum absolute atomic E-state index is 0.185. The van der Waals surface area contributed by atoms with Crippen molar-refractivity contribution in [3.63, 3.8) is 0 Å². The molecular formula is C36H54F2N6O4. The molecule has 48 heavy (non-hydrogen) atoms. The number of benzene rings is 2. The Morgan fingerprint density at radius 3 is 1.67 bits per heavy atom. The number of nitrogen functional groups attached to an aromatic ring is 1. The van der Waals surface area contributed by atoms with Crippen LogP contribution in [0.5, 0.6) is 0 Å². The molecule has 1 aliphatic carbocycles. The maximum absolute atomic E-state index is 14.5. The van der Waals surface area contributed by atoms with Crippen LogP contribution < -0.4 is 31.5 Å². The van der Waals surface area contributed by atoms with E-state index in [1.807, 2.05) is 58.6 Å². The molecule has 0 bridgehead atoms. The van der Waals surface area contributed by atoms with Crippen molar-refractivity contribution < 1.29 is 27.8 Å². The second-order valence-corrected chi connectivity index (χ2v) is 15.1. The van der Waals surface area contributed by atoms with Gasteiger partial charge in [0.1, 0.15) is 22.8 Å². The van der Waals surface area contributed by atoms with Gasteiger partial charge in [0.25, 0.3) is 0 Å². The Bertz CT molecular complexity index is 1390. The van der Waals surface area contributed by atoms with Crippen LogP contribution in [-0.4, -0.2) is 68.7 Å². The first kappa shape index (κ1) is 36.9. The Balaban J connectivity index is 0.000000220. The van der Waals surface area contributed by atoms with Crippen LogP contribution in [0.2, 0.25) is 0 Å². The Morgan fingerprint density at radius 2 is 1.25 bits per heavy atom. The van der Waals surface area contributed by atoms with E-state index >= 15 is 0 Å². The number of alkyl carbamates (subject to hydrolysis) is 2. The van der Waals surface area contributed by atoms with Crippen molar-refractivity contribution in [1.82, 2.24) is 10.6 Å². The van der Waals surface area contributed by atoms with Crippen molar-refractivity contribution in [2.24, 2.45) is 11.8 Å². The first-order valence-corrected chi connectivity index (χ1v) is 17.1. The van der Waals surface area contributed by atoms with Crippen LogP contribution in [-0.2, 0) is 9.47 Å². The molecule has 1 saturated carbocycles. The quantitative estimate of drug-likeness (QED) is 0.224. The van der Waals surface area contributed by atoms with E-state index in [-0.39, 0.29) is 17.6 Å². The summed E-state index contributed by atoms with van der Waals surface area (Å²) < 4.78 is 38.9. The molecule has 3 fully saturated rings. The largest absolute Gasteiger partial charge is 0.444 e. The molecule has 5 rings (SSSR count). The summed E-state index contributed by atoms with van der Waals surface area (Å²) in [6.07, 6.45) is 4.61. The van der Waals surface area contributed by atoms with Gasteiger partial charge in [-0.15, -0.1) is 0 Å². The number of nitrogens with zero attached hydrogens (tertiary/aromatic N) is 2. The topological polar surface area (TPSA) is 121 Å². The van der Waals surface area contributed by atoms with E-state index in [0.29, 0.717) is 48.7 Å². The molecule has 0 radical (unpaired) electrons. The maximum atomic E-state index is 14.5. The van der Waals surface area contributed by atoms with Gasteiger partial charge in [0.2, 0.25) is 0 Å². The number of ether oxygens (including phenoxy) is 2. The van der Waals surface area contributed by atoms with Crippen molar-refractivity contribution in [3.8, 4) is 0 Å². The summed E-state index contributed by atoms with van der Waals surface area (Å²) in [4.78, 5) is 27.4. The van der Waals surface area contributed by atoms with Gasteiger partial charge in [0, 0.05) is 56.7 Å². The van der Waals surface area contributed by atoms with E-state index in [4.69, 9.17) is 15.2 Å². The van der Waals surface area contributed by atoms with Crippen molar-refractivity contribution in [2.75, 3.05) is 60.1 Å². The van der Waals surface area contributed by atoms with Crippen LogP contribution in [0.3, 0.4) is 0 Å². The highest BCUT2D eigenvalue weighted by Gasteiger charge is 2.27. The number of nitrogens with one attached hydrogen (secondary N) is 3. The fourth-order valence-electron chi connectivity index (χ4n) is 5.94. The molecule has 2 atom stereocenters. The fraction of sp³-hybridized carbons (Fsp3) is 0.611. The third kappa shape index (κ3) is 11.6. The van der Waals surface area contributed by atoms with E-state index in [0.717, 1.165) is 38.2 Å². The Hall–Kier alpha value is -3.96. The first-order valence-electron chi connectivity index (χ1n) is 17.1. The number of nitrogens with two attached hydrogens (primary N) is 1. The van der Waals surface area contributed by atoms with E-state index in [1.165, 1.54) is 25.3 Å². The second kappa shape index (κ2) is 16.0. The van der Waals surface area contributed by atoms with E-state index < -0.39 is 23.4 Å². The maximum Gasteiger partial charge on any atom is 0.407 e. The molecule has 266 valence electrons. The molecule has 0 spiro atoms. The molecule has 2 heterocycles. The third-order valence-electron chi connectivity index (χ3n) is 8.52. The summed E-state index contributed by atoms with van der Waals surface area (Å²) in [5.41, 5.74) is 7.05. The Morgan fingerprint density at radius 1 is 0.771 bits per heavy atom. The number of hydrogen-bond donors (Lipinski definition) is 4. The predicted octanol–water partition coefficient (Wildman–Crippen LogP) is 6.90. The van der Waals surface area contributed by atoms with Crippen molar-refractivity contribution in [2.45, 2.75) is 90.9 Å². The summed E-state index contributed by atoms with van der Waals surface area (Å²) in [5, 5.41) is 8.97. The summed E-state index contributed by atoms with van der Waals surface area (Å²) in [6, 6.07) is 10.7. The average molecular weight is 673 g/mol. The Kier molecular flexibility index (Phi) is 12.3. The van der Waals surface area contributed by atoms with E-state index in [1.54, 1.807) is 18.2 Å². The predicted molar refractivity (Wildman–Crippen MR) is 188 cm³/mol. The molecule has 2 aromatic carbocycles. The summed E-state index contributed by atoms with van der Waals surface area (Å²) >= 11 is 0. The van der Waals surface area contributed by atoms with Gasteiger partial charge in [-0.2, -0.15) is 0 Å². The van der Waals surface area contributed by atoms with Gasteiger partial charge >= 0.3 is 12.2 Å². The van der Waals surface area contributed by atoms with E-state index in [2.05, 4.69) is 20.9 Å². The summed E-state index contributed by atoms with van der Waals surface area (Å²) in [6.45, 7) is 15.1. The molecule has 12 heteroatoms. The molecule has 2 amide bonds. The van der Waals surface area contributed by atoms with Gasteiger partial charge in [-0.25, -0.2) is 18.4 Å². The van der Waals surface area contributed by atoms with Crippen LogP contribution in [0.1, 0.15) is 73.6 Å². The van der Waals surface area contributed by atoms with Crippen molar-refractivity contribution >= 4 is 34.9 Å². The van der Waals surface area contributed by atoms with Gasteiger partial charge in [-0.05, 0) is 122 Å². The molecule has 2 aliphatic heterocycles. The fourth-order valence-corrected chi connectivity index (χ4v) is 5.94. The minimum Gasteiger partial charge on any atom is -0.444 e. The zero-order valence-corrected chi connectivity index (χ0v) is 29.3. The van der Waals surface area contributed by atoms with Crippen LogP contribution in [0.25, 0.3) is 0 Å². The molecular weight excluding hydrogens is 618 g/mol. The van der Waals surface area contributed by atoms with Crippen LogP contribution in [0.4, 0.5) is 41.1 Å². The van der Waals surface area contributed by atoms with Crippen LogP contribution in [0, 0.1) is 23.5 Å². The van der Waals surface area contributed by atoms with Gasteiger partial charge in [0.05, 0.1) is 11.4 Å². The molecule has 0 aromatic heterocycles. The summed E-state index contributed by atoms with van der Waals surface area (Å²) in [7, 11) is 0. The smallest absolute Gasteiger partial charge is 0.407 e. The number of rotatable bonds is 8. The SMILES string of the molecule is CC(C)(C)OC(=O)NC[C@H]1CCN(c2ccc(N)cc2F)C1.CC(C)(C)OC(=O)NC[C@H]1CCN(c2ccc(NC3CCC3)cc2F)C1. The zero-order valence-electron chi connectivity index (χ0n) is 29.3. The number of carbonyl (C=O) groups excluding carboxylic acids is 2. The van der Waals surface area contributed by atoms with Gasteiger partial charge < -0.3 is 41.0 Å². The Labute approximate surface area is 284 Å². The summed E-state index contributed by atoms with van der Waals surface area (Å²) in [5.74, 6) is 0.0926. The lowest BCUT2D eigenvalue weighted by molar-refractivity contribution is 0.0509. The third-order valence-corrected chi connectivity index (χ3v) is 8.52. The second-order valence-electron chi connectivity index (χ2n) is 15.1. The molecule has 2 aromatic rings. The first-order chi connectivity index (χ1) is 22.5. The van der Waals surface area contributed by atoms with E-state index in [9.17, 15) is 18.4 Å². The highest BCUT2D eigenvalue weighted by atomic mass is 19.1. The monoisotopic (exact) mass is 672 g/mol. The zero-order chi connectivity index (χ0) is 35.1. The number of amides is 2. The van der Waals surface area contributed by atoms with Crippen LogP contribution >= 0.6 is 0 Å². The highest BCUT2D eigenvalue weighted by molar-refractivity contribution is 5.68. The van der Waals surface area contributed by atoms with Crippen LogP contribution in [0.15, 0.2) is 36.4 Å². The lowest BCUT2D eigenvalue weighted by atomic mass is 9.93. The van der Waals surface area contributed by atoms with Gasteiger partial charge in [-0.3, -0.25) is 0 Å². The van der Waals surface area contributed by atoms with Crippen molar-refractivity contribution in [1.29, 1.82) is 0 Å². The molecule has 0 unspecified atom stereocenters. The highest BCUT2D eigenvalue weighted by Crippen LogP contribution is 2.30. The van der Waals surface area contributed by atoms with Crippen molar-refractivity contribution in [3.05, 3.63) is 48.0 Å². The lowest BCUT2D eigenvalue weighted by Crippen LogP contribution is -2.36. The number of carbonyl (C=O) groups is 2. The average Bonchev–Trinajstić information content (AvgIpc) is 3.61. The van der Waals surface area contributed by atoms with Gasteiger partial charge in [0.15, 0.2) is 0 Å². The molecule has 10 nitrogen and oxygen atoms in total. The number of halogens is 2. The number of hydrogen-bond acceptors (Lipinski definition) is 8. The van der Waals surface area contributed by atoms with Gasteiger partial charge in [-0.1, -0.05) is 0 Å². The normalized spacial score (nSPS) is 19.6. The molecule has 3 aliphatic rings. The molecule has 2 saturated heterocycles.